The van der Waals surface area contributed by atoms with Crippen molar-refractivity contribution >= 4 is 6.08 Å². The summed E-state index contributed by atoms with van der Waals surface area (Å²) in [6.07, 6.45) is 14.5. The predicted octanol–water partition coefficient (Wildman–Crippen LogP) is 9.09. The van der Waals surface area contributed by atoms with Gasteiger partial charge in [0.25, 0.3) is 0 Å². The van der Waals surface area contributed by atoms with Crippen LogP contribution in [0, 0.1) is 0 Å². The van der Waals surface area contributed by atoms with Crippen LogP contribution in [0.5, 0.6) is 0 Å². The molecule has 0 fully saturated rings. The third kappa shape index (κ3) is 2.86. The Morgan fingerprint density at radius 2 is 1.50 bits per heavy atom. The summed E-state index contributed by atoms with van der Waals surface area (Å²) >= 11 is -3.03. The molecule has 0 spiro atoms. The van der Waals surface area contributed by atoms with E-state index in [1.54, 1.807) is 44.5 Å². The Morgan fingerprint density at radius 3 is 2.10 bits per heavy atom. The zero-order valence-corrected chi connectivity index (χ0v) is 24.4. The van der Waals surface area contributed by atoms with Gasteiger partial charge in [-0.2, -0.15) is 0 Å². The molecule has 0 aliphatic heterocycles. The molecule has 0 saturated heterocycles. The molecular weight excluding hydrogens is 527 g/mol. The van der Waals surface area contributed by atoms with Gasteiger partial charge < -0.3 is 0 Å². The SMILES string of the molecule is CCCCC[C]1([Hf]([CH3])([CH3])[C]2(C)C(C)=C(C)C(C)=C2C)C=Cc2cc3c(cc21)CCC3. The zero-order chi connectivity index (χ0) is 21.9. The first-order valence-electron chi connectivity index (χ1n) is 12.3. The second kappa shape index (κ2) is 7.72. The molecule has 1 heteroatoms. The molecule has 1 unspecified atom stereocenters. The fraction of sp³-hybridized carbons (Fsp3) is 0.586. The van der Waals surface area contributed by atoms with E-state index in [4.69, 9.17) is 0 Å². The minimum absolute atomic E-state index is 0.304. The Morgan fingerprint density at radius 1 is 0.900 bits per heavy atom. The number of rotatable bonds is 6. The van der Waals surface area contributed by atoms with E-state index in [2.05, 4.69) is 75.2 Å². The summed E-state index contributed by atoms with van der Waals surface area (Å²) < 4.78 is 6.21. The number of fused-ring (bicyclic) bond motifs is 2. The summed E-state index contributed by atoms with van der Waals surface area (Å²) in [7, 11) is 0. The van der Waals surface area contributed by atoms with Crippen LogP contribution in [0.15, 0.2) is 40.5 Å². The number of unbranched alkanes of at least 4 members (excludes halogenated alkanes) is 2. The van der Waals surface area contributed by atoms with Gasteiger partial charge in [-0.05, 0) is 0 Å². The Hall–Kier alpha value is -0.690. The quantitative estimate of drug-likeness (QED) is 0.237. The van der Waals surface area contributed by atoms with E-state index in [9.17, 15) is 0 Å². The molecule has 3 aliphatic carbocycles. The molecule has 0 N–H and O–H groups in total. The van der Waals surface area contributed by atoms with Gasteiger partial charge in [-0.15, -0.1) is 0 Å². The molecule has 0 aromatic heterocycles. The summed E-state index contributed by atoms with van der Waals surface area (Å²) in [5.41, 5.74) is 13.1. The van der Waals surface area contributed by atoms with Crippen molar-refractivity contribution < 1.29 is 20.0 Å². The van der Waals surface area contributed by atoms with Gasteiger partial charge in [0.2, 0.25) is 0 Å². The number of hydrogen-bond acceptors (Lipinski definition) is 0. The van der Waals surface area contributed by atoms with Crippen LogP contribution in [0.3, 0.4) is 0 Å². The second-order valence-corrected chi connectivity index (χ2v) is 29.5. The Labute approximate surface area is 190 Å². The molecule has 0 radical (unpaired) electrons. The molecule has 30 heavy (non-hydrogen) atoms. The molecule has 1 aromatic carbocycles. The standard InChI is InChI=1S/C17H21.C10H15.2CH3.Hf/c1-2-3-4-6-13-9-10-16-11-14-7-5-8-15(14)12-17(13)16;1-6-7(2)9(4)10(5)8(6)3;;;/h9-12H,2-8H2,1H3;1-5H3;2*1H3;. The second-order valence-electron chi connectivity index (χ2n) is 11.1. The first-order valence-corrected chi connectivity index (χ1v) is 23.1. The first kappa shape index (κ1) is 22.5. The maximum atomic E-state index is 2.80. The van der Waals surface area contributed by atoms with Gasteiger partial charge in [0.1, 0.15) is 0 Å². The van der Waals surface area contributed by atoms with E-state index in [0.29, 0.717) is 6.34 Å². The number of aryl methyl sites for hydroxylation is 2. The summed E-state index contributed by atoms with van der Waals surface area (Å²) in [5.74, 6) is 0. The van der Waals surface area contributed by atoms with Crippen LogP contribution in [-0.4, -0.2) is 0 Å². The third-order valence-corrected chi connectivity index (χ3v) is 32.2. The van der Waals surface area contributed by atoms with E-state index < -0.39 is 20.0 Å². The van der Waals surface area contributed by atoms with Crippen LogP contribution in [0.2, 0.25) is 12.5 Å². The van der Waals surface area contributed by atoms with Crippen molar-refractivity contribution in [2.45, 2.75) is 102 Å². The Balaban J connectivity index is 1.91. The van der Waals surface area contributed by atoms with Gasteiger partial charge >= 0.3 is 191 Å². The molecular formula is C29H42Hf. The van der Waals surface area contributed by atoms with Crippen molar-refractivity contribution in [3.05, 3.63) is 62.8 Å². The van der Waals surface area contributed by atoms with Crippen LogP contribution in [0.1, 0.15) is 95.9 Å². The van der Waals surface area contributed by atoms with E-state index >= 15 is 0 Å². The average molecular weight is 569 g/mol. The van der Waals surface area contributed by atoms with Crippen molar-refractivity contribution in [1.82, 2.24) is 0 Å². The third-order valence-electron chi connectivity index (χ3n) is 10.0. The van der Waals surface area contributed by atoms with E-state index in [1.165, 1.54) is 44.9 Å². The summed E-state index contributed by atoms with van der Waals surface area (Å²) in [6, 6.07) is 5.25. The Bertz CT molecular complexity index is 944. The first-order chi connectivity index (χ1) is 14.1. The van der Waals surface area contributed by atoms with Gasteiger partial charge in [0, 0.05) is 0 Å². The number of benzene rings is 1. The van der Waals surface area contributed by atoms with Gasteiger partial charge in [-0.3, -0.25) is 0 Å². The molecule has 0 amide bonds. The molecule has 0 bridgehead atoms. The monoisotopic (exact) mass is 570 g/mol. The van der Waals surface area contributed by atoms with E-state index in [0.717, 1.165) is 0 Å². The van der Waals surface area contributed by atoms with Crippen LogP contribution >= 0.6 is 0 Å². The summed E-state index contributed by atoms with van der Waals surface area (Å²) in [5, 5.41) is 0. The van der Waals surface area contributed by atoms with Crippen molar-refractivity contribution in [2.24, 2.45) is 0 Å². The van der Waals surface area contributed by atoms with Crippen molar-refractivity contribution in [2.75, 3.05) is 0 Å². The van der Waals surface area contributed by atoms with Crippen molar-refractivity contribution in [3.8, 4) is 0 Å². The molecule has 0 nitrogen and oxygen atoms in total. The Kier molecular flexibility index (Phi) is 5.79. The van der Waals surface area contributed by atoms with Gasteiger partial charge in [-0.25, -0.2) is 0 Å². The van der Waals surface area contributed by atoms with Gasteiger partial charge in [0.15, 0.2) is 0 Å². The van der Waals surface area contributed by atoms with Crippen molar-refractivity contribution in [3.63, 3.8) is 0 Å². The van der Waals surface area contributed by atoms with Crippen LogP contribution in [0.25, 0.3) is 6.08 Å². The van der Waals surface area contributed by atoms with E-state index in [1.807, 2.05) is 0 Å². The van der Waals surface area contributed by atoms with E-state index in [-0.39, 0.29) is 0 Å². The zero-order valence-electron chi connectivity index (χ0n) is 20.8. The fourth-order valence-corrected chi connectivity index (χ4v) is 26.4. The number of allylic oxidation sites excluding steroid dienone is 5. The molecule has 0 saturated carbocycles. The molecule has 162 valence electrons. The average Bonchev–Trinajstić information content (AvgIpc) is 3.37. The van der Waals surface area contributed by atoms with Crippen molar-refractivity contribution in [1.29, 1.82) is 0 Å². The number of hydrogen-bond donors (Lipinski definition) is 0. The molecule has 1 atom stereocenters. The minimum atomic E-state index is -3.03. The maximum absolute atomic E-state index is 3.03. The van der Waals surface area contributed by atoms with Crippen LogP contribution < -0.4 is 0 Å². The normalized spacial score (nSPS) is 24.8. The molecule has 4 rings (SSSR count). The van der Waals surface area contributed by atoms with Gasteiger partial charge in [-0.1, -0.05) is 0 Å². The van der Waals surface area contributed by atoms with Crippen LogP contribution in [0.4, 0.5) is 0 Å². The predicted molar refractivity (Wildman–Crippen MR) is 130 cm³/mol. The molecule has 0 heterocycles. The molecule has 3 aliphatic rings. The topological polar surface area (TPSA) is 0 Å². The molecule has 1 aromatic rings. The fourth-order valence-electron chi connectivity index (χ4n) is 7.20. The summed E-state index contributed by atoms with van der Waals surface area (Å²) in [6.45, 7) is 14.6. The van der Waals surface area contributed by atoms with Gasteiger partial charge in [0.05, 0.1) is 0 Å². The van der Waals surface area contributed by atoms with Crippen LogP contribution in [-0.2, 0) is 36.0 Å². The summed E-state index contributed by atoms with van der Waals surface area (Å²) in [4.78, 5) is 0.